The summed E-state index contributed by atoms with van der Waals surface area (Å²) in [5.74, 6) is 0.615. The Hall–Kier alpha value is -2.48. The number of nitrogens with zero attached hydrogens (tertiary/aromatic N) is 3. The van der Waals surface area contributed by atoms with Gasteiger partial charge >= 0.3 is 5.97 Å². The molecule has 0 unspecified atom stereocenters. The van der Waals surface area contributed by atoms with Gasteiger partial charge in [0.2, 0.25) is 5.76 Å². The van der Waals surface area contributed by atoms with E-state index < -0.39 is 5.97 Å². The topological polar surface area (TPSA) is 58.8 Å². The Bertz CT molecular complexity index is 914. The Morgan fingerprint density at radius 3 is 2.50 bits per heavy atom. The molecule has 0 N–H and O–H groups in total. The van der Waals surface area contributed by atoms with Crippen molar-refractivity contribution in [3.05, 3.63) is 65.1 Å². The monoisotopic (exact) mass is 397 g/mol. The highest BCUT2D eigenvalue weighted by molar-refractivity contribution is 7.13. The van der Waals surface area contributed by atoms with Crippen molar-refractivity contribution in [1.82, 2.24) is 14.8 Å². The van der Waals surface area contributed by atoms with Gasteiger partial charge in [0.15, 0.2) is 0 Å². The third-order valence-electron chi connectivity index (χ3n) is 4.85. The van der Waals surface area contributed by atoms with Gasteiger partial charge in [-0.1, -0.05) is 30.3 Å². The molecule has 28 heavy (non-hydrogen) atoms. The van der Waals surface area contributed by atoms with E-state index in [2.05, 4.69) is 32.0 Å². The van der Waals surface area contributed by atoms with Gasteiger partial charge in [0, 0.05) is 43.7 Å². The van der Waals surface area contributed by atoms with Crippen LogP contribution >= 0.6 is 11.3 Å². The molecule has 1 aliphatic rings. The molecule has 3 heterocycles. The summed E-state index contributed by atoms with van der Waals surface area (Å²) in [6, 6.07) is 13.8. The number of piperazine rings is 1. The standard InChI is InChI=1S/C21H23N3O3S/c1-26-21(25)19-8-7-18(27-19)14-24-11-9-23(10-12-24)13-17-15-28-20(22-17)16-5-3-2-4-6-16/h2-8,15H,9-14H2,1H3. The Kier molecular flexibility index (Phi) is 5.85. The second-order valence-electron chi connectivity index (χ2n) is 6.82. The number of benzene rings is 1. The van der Waals surface area contributed by atoms with Crippen LogP contribution in [0.25, 0.3) is 10.6 Å². The molecule has 0 amide bonds. The highest BCUT2D eigenvalue weighted by Crippen LogP contribution is 2.24. The lowest BCUT2D eigenvalue weighted by atomic mass is 10.2. The minimum absolute atomic E-state index is 0.258. The van der Waals surface area contributed by atoms with Gasteiger partial charge in [-0.05, 0) is 12.1 Å². The van der Waals surface area contributed by atoms with Gasteiger partial charge in [0.1, 0.15) is 10.8 Å². The molecule has 0 aliphatic carbocycles. The molecular weight excluding hydrogens is 374 g/mol. The minimum atomic E-state index is -0.436. The molecule has 146 valence electrons. The van der Waals surface area contributed by atoms with E-state index in [9.17, 15) is 4.79 Å². The maximum absolute atomic E-state index is 11.5. The molecule has 2 aromatic heterocycles. The third kappa shape index (κ3) is 4.49. The zero-order valence-electron chi connectivity index (χ0n) is 15.8. The summed E-state index contributed by atoms with van der Waals surface area (Å²) in [6.07, 6.45) is 0. The summed E-state index contributed by atoms with van der Waals surface area (Å²) in [4.78, 5) is 21.1. The normalized spacial score (nSPS) is 15.6. The molecule has 0 bridgehead atoms. The van der Waals surface area contributed by atoms with E-state index in [-0.39, 0.29) is 5.76 Å². The van der Waals surface area contributed by atoms with Crippen LogP contribution < -0.4 is 0 Å². The lowest BCUT2D eigenvalue weighted by Gasteiger charge is -2.33. The maximum atomic E-state index is 11.5. The van der Waals surface area contributed by atoms with E-state index in [1.165, 1.54) is 12.7 Å². The number of methoxy groups -OCH3 is 1. The molecule has 4 rings (SSSR count). The predicted octanol–water partition coefficient (Wildman–Crippen LogP) is 3.51. The van der Waals surface area contributed by atoms with Crippen LogP contribution in [0.4, 0.5) is 0 Å². The van der Waals surface area contributed by atoms with Crippen molar-refractivity contribution in [3.63, 3.8) is 0 Å². The molecule has 1 saturated heterocycles. The Morgan fingerprint density at radius 2 is 1.79 bits per heavy atom. The number of carbonyl (C=O) groups is 1. The van der Waals surface area contributed by atoms with E-state index >= 15 is 0 Å². The van der Waals surface area contributed by atoms with Gasteiger partial charge in [-0.3, -0.25) is 9.80 Å². The smallest absolute Gasteiger partial charge is 0.373 e. The van der Waals surface area contributed by atoms with Crippen LogP contribution in [-0.4, -0.2) is 54.0 Å². The number of ether oxygens (including phenoxy) is 1. The lowest BCUT2D eigenvalue weighted by molar-refractivity contribution is 0.0559. The quantitative estimate of drug-likeness (QED) is 0.594. The van der Waals surface area contributed by atoms with E-state index in [1.54, 1.807) is 17.4 Å². The zero-order chi connectivity index (χ0) is 19.3. The average Bonchev–Trinajstić information content (AvgIpc) is 3.39. The van der Waals surface area contributed by atoms with Crippen LogP contribution in [0.1, 0.15) is 22.0 Å². The highest BCUT2D eigenvalue weighted by atomic mass is 32.1. The van der Waals surface area contributed by atoms with Crippen molar-refractivity contribution in [2.45, 2.75) is 13.1 Å². The predicted molar refractivity (Wildman–Crippen MR) is 108 cm³/mol. The second kappa shape index (κ2) is 8.68. The number of carbonyl (C=O) groups excluding carboxylic acids is 1. The fourth-order valence-corrected chi connectivity index (χ4v) is 4.14. The molecular formula is C21H23N3O3S. The number of furan rings is 1. The van der Waals surface area contributed by atoms with Crippen molar-refractivity contribution in [2.24, 2.45) is 0 Å². The van der Waals surface area contributed by atoms with Crippen LogP contribution in [0, 0.1) is 0 Å². The van der Waals surface area contributed by atoms with Crippen LogP contribution in [-0.2, 0) is 17.8 Å². The molecule has 7 heteroatoms. The fraction of sp³-hybridized carbons (Fsp3) is 0.333. The largest absolute Gasteiger partial charge is 0.463 e. The summed E-state index contributed by atoms with van der Waals surface area (Å²) >= 11 is 1.70. The molecule has 3 aromatic rings. The molecule has 1 fully saturated rings. The van der Waals surface area contributed by atoms with Crippen molar-refractivity contribution < 1.29 is 13.9 Å². The van der Waals surface area contributed by atoms with Crippen LogP contribution in [0.15, 0.2) is 52.3 Å². The van der Waals surface area contributed by atoms with Crippen molar-refractivity contribution >= 4 is 17.3 Å². The van der Waals surface area contributed by atoms with Gasteiger partial charge in [0.05, 0.1) is 19.3 Å². The Morgan fingerprint density at radius 1 is 1.07 bits per heavy atom. The number of hydrogen-bond acceptors (Lipinski definition) is 7. The van der Waals surface area contributed by atoms with Gasteiger partial charge in [-0.15, -0.1) is 11.3 Å². The molecule has 0 atom stereocenters. The molecule has 1 aromatic carbocycles. The number of aromatic nitrogens is 1. The van der Waals surface area contributed by atoms with E-state index in [0.29, 0.717) is 6.54 Å². The van der Waals surface area contributed by atoms with Crippen LogP contribution in [0.3, 0.4) is 0 Å². The number of esters is 1. The first-order valence-electron chi connectivity index (χ1n) is 9.33. The van der Waals surface area contributed by atoms with Gasteiger partial charge < -0.3 is 9.15 Å². The first kappa shape index (κ1) is 18.9. The number of thiazole rings is 1. The molecule has 1 aliphatic heterocycles. The fourth-order valence-electron chi connectivity index (χ4n) is 3.32. The first-order chi connectivity index (χ1) is 13.7. The van der Waals surface area contributed by atoms with Crippen LogP contribution in [0.5, 0.6) is 0 Å². The summed E-state index contributed by atoms with van der Waals surface area (Å²) in [5, 5.41) is 3.24. The Balaban J connectivity index is 1.27. The maximum Gasteiger partial charge on any atom is 0.373 e. The van der Waals surface area contributed by atoms with E-state index in [4.69, 9.17) is 9.40 Å². The van der Waals surface area contributed by atoms with Crippen molar-refractivity contribution in [1.29, 1.82) is 0 Å². The second-order valence-corrected chi connectivity index (χ2v) is 7.68. The summed E-state index contributed by atoms with van der Waals surface area (Å²) in [6.45, 7) is 5.49. The zero-order valence-corrected chi connectivity index (χ0v) is 16.7. The van der Waals surface area contributed by atoms with Crippen LogP contribution in [0.2, 0.25) is 0 Å². The Labute approximate surface area is 168 Å². The number of rotatable bonds is 6. The van der Waals surface area contributed by atoms with Crippen molar-refractivity contribution in [2.75, 3.05) is 33.3 Å². The first-order valence-corrected chi connectivity index (χ1v) is 10.2. The highest BCUT2D eigenvalue weighted by Gasteiger charge is 2.20. The molecule has 0 saturated carbocycles. The molecule has 6 nitrogen and oxygen atoms in total. The SMILES string of the molecule is COC(=O)c1ccc(CN2CCN(Cc3csc(-c4ccccc4)n3)CC2)o1. The van der Waals surface area contributed by atoms with Gasteiger partial charge in [0.25, 0.3) is 0 Å². The molecule has 0 spiro atoms. The minimum Gasteiger partial charge on any atom is -0.463 e. The lowest BCUT2D eigenvalue weighted by Crippen LogP contribution is -2.45. The molecule has 0 radical (unpaired) electrons. The summed E-state index contributed by atoms with van der Waals surface area (Å²) in [5.41, 5.74) is 2.30. The van der Waals surface area contributed by atoms with Crippen molar-refractivity contribution in [3.8, 4) is 10.6 Å². The summed E-state index contributed by atoms with van der Waals surface area (Å²) < 4.78 is 10.3. The third-order valence-corrected chi connectivity index (χ3v) is 5.79. The van der Waals surface area contributed by atoms with Gasteiger partial charge in [-0.2, -0.15) is 0 Å². The number of hydrogen-bond donors (Lipinski definition) is 0. The van der Waals surface area contributed by atoms with E-state index in [0.717, 1.165) is 49.2 Å². The average molecular weight is 398 g/mol. The van der Waals surface area contributed by atoms with E-state index in [1.807, 2.05) is 24.3 Å². The summed E-state index contributed by atoms with van der Waals surface area (Å²) in [7, 11) is 1.36. The van der Waals surface area contributed by atoms with Gasteiger partial charge in [-0.25, -0.2) is 9.78 Å².